The molecule has 0 saturated carbocycles. The zero-order valence-electron chi connectivity index (χ0n) is 27.9. The van der Waals surface area contributed by atoms with Gasteiger partial charge in [-0.05, 0) is 111 Å². The molecule has 0 amide bonds. The van der Waals surface area contributed by atoms with Crippen molar-refractivity contribution >= 4 is 17.4 Å². The third-order valence-corrected chi connectivity index (χ3v) is 8.57. The molecular weight excluding hydrogens is 587 g/mol. The van der Waals surface area contributed by atoms with Gasteiger partial charge in [0.1, 0.15) is 11.5 Å². The fourth-order valence-electron chi connectivity index (χ4n) is 5.84. The number of carboxylic acid groups (broad SMARTS) is 1. The number of anilines is 1. The standard InChI is InChI=1S/C38H46N2O5.Na/c1-5-36-35(25-32(40(36)2)10-7-11-37(41)42)38(43)30-8-6-9-31(24-30)39-26-29(14-12-27-16-20-33(44-3)21-17-27)15-13-28-18-22-34(45-4)23-19-28;/h6,8-9,16-25,29,39H,5,7,10-15,26H2,1-4H3,(H,41,42);/q;+1/p-1. The van der Waals surface area contributed by atoms with Crippen LogP contribution in [0.5, 0.6) is 11.5 Å². The molecule has 0 saturated heterocycles. The monoisotopic (exact) mass is 632 g/mol. The summed E-state index contributed by atoms with van der Waals surface area (Å²) >= 11 is 0. The number of aliphatic carboxylic acids is 1. The van der Waals surface area contributed by atoms with E-state index in [4.69, 9.17) is 9.47 Å². The second-order valence-electron chi connectivity index (χ2n) is 11.6. The molecule has 0 unspecified atom stereocenters. The van der Waals surface area contributed by atoms with Crippen molar-refractivity contribution in [1.82, 2.24) is 4.57 Å². The first-order valence-corrected chi connectivity index (χ1v) is 15.8. The van der Waals surface area contributed by atoms with E-state index in [1.165, 1.54) is 11.1 Å². The largest absolute Gasteiger partial charge is 1.00 e. The topological polar surface area (TPSA) is 92.6 Å². The Morgan fingerprint density at radius 2 is 1.43 bits per heavy atom. The number of carbonyl (C=O) groups excluding carboxylic acids is 2. The Morgan fingerprint density at radius 3 is 1.96 bits per heavy atom. The van der Waals surface area contributed by atoms with Gasteiger partial charge < -0.3 is 29.3 Å². The molecule has 0 fully saturated rings. The Hall–Kier alpha value is -3.52. The van der Waals surface area contributed by atoms with Gasteiger partial charge in [0, 0.05) is 47.8 Å². The Morgan fingerprint density at radius 1 is 0.848 bits per heavy atom. The molecule has 0 aliphatic heterocycles. The van der Waals surface area contributed by atoms with E-state index < -0.39 is 5.97 Å². The summed E-state index contributed by atoms with van der Waals surface area (Å²) in [5.41, 5.74) is 6.72. The van der Waals surface area contributed by atoms with Crippen molar-refractivity contribution < 1.29 is 53.7 Å². The number of aromatic nitrogens is 1. The zero-order valence-corrected chi connectivity index (χ0v) is 29.9. The Labute approximate surface area is 295 Å². The van der Waals surface area contributed by atoms with Crippen molar-refractivity contribution in [3.63, 3.8) is 0 Å². The number of rotatable bonds is 18. The van der Waals surface area contributed by atoms with Crippen LogP contribution in [0.3, 0.4) is 0 Å². The van der Waals surface area contributed by atoms with Gasteiger partial charge in [-0.25, -0.2) is 0 Å². The molecule has 0 aliphatic rings. The minimum absolute atomic E-state index is 0. The molecule has 4 rings (SSSR count). The summed E-state index contributed by atoms with van der Waals surface area (Å²) in [6.07, 6.45) is 5.77. The van der Waals surface area contributed by atoms with Crippen molar-refractivity contribution in [2.24, 2.45) is 13.0 Å². The van der Waals surface area contributed by atoms with Crippen LogP contribution in [0, 0.1) is 5.92 Å². The van der Waals surface area contributed by atoms with E-state index in [0.29, 0.717) is 36.3 Å². The van der Waals surface area contributed by atoms with Gasteiger partial charge in [-0.1, -0.05) is 43.3 Å². The number of nitrogens with one attached hydrogen (secondary N) is 1. The Balaban J connectivity index is 0.00000576. The number of hydrogen-bond donors (Lipinski definition) is 1. The SMILES string of the molecule is CCc1c(C(=O)c2cccc(NCC(CCc3ccc(OC)cc3)CCc3ccc(OC)cc3)c2)cc(CCCC(=O)[O-])n1C.[Na+]. The molecule has 8 heteroatoms. The molecule has 4 aromatic rings. The number of ether oxygens (including phenoxy) is 2. The number of carbonyl (C=O) groups is 2. The number of benzene rings is 3. The molecule has 1 heterocycles. The summed E-state index contributed by atoms with van der Waals surface area (Å²) in [5.74, 6) is 1.06. The first-order valence-electron chi connectivity index (χ1n) is 15.8. The molecule has 3 aromatic carbocycles. The molecule has 0 aliphatic carbocycles. The smallest absolute Gasteiger partial charge is 0.550 e. The first kappa shape index (κ1) is 36.9. The number of aryl methyl sites for hydroxylation is 3. The van der Waals surface area contributed by atoms with E-state index in [1.54, 1.807) is 14.2 Å². The maximum atomic E-state index is 13.7. The van der Waals surface area contributed by atoms with Gasteiger partial charge in [-0.2, -0.15) is 0 Å². The molecule has 238 valence electrons. The number of nitrogens with zero attached hydrogens (tertiary/aromatic N) is 1. The molecule has 1 aromatic heterocycles. The average Bonchev–Trinajstić information content (AvgIpc) is 3.39. The summed E-state index contributed by atoms with van der Waals surface area (Å²) in [6, 6.07) is 26.2. The molecule has 0 bridgehead atoms. The van der Waals surface area contributed by atoms with Gasteiger partial charge in [-0.3, -0.25) is 4.79 Å². The maximum Gasteiger partial charge on any atom is 1.00 e. The number of hydrogen-bond acceptors (Lipinski definition) is 6. The zero-order chi connectivity index (χ0) is 32.2. The minimum Gasteiger partial charge on any atom is -0.550 e. The Bertz CT molecular complexity index is 1500. The fraction of sp³-hybridized carbons (Fsp3) is 0.368. The summed E-state index contributed by atoms with van der Waals surface area (Å²) in [6.45, 7) is 2.82. The van der Waals surface area contributed by atoms with Gasteiger partial charge in [0.15, 0.2) is 5.78 Å². The van der Waals surface area contributed by atoms with Crippen LogP contribution in [0.15, 0.2) is 78.9 Å². The van der Waals surface area contributed by atoms with Crippen LogP contribution in [0.25, 0.3) is 0 Å². The van der Waals surface area contributed by atoms with Crippen LogP contribution in [-0.4, -0.2) is 37.1 Å². The molecule has 0 atom stereocenters. The molecule has 46 heavy (non-hydrogen) atoms. The van der Waals surface area contributed by atoms with Crippen LogP contribution >= 0.6 is 0 Å². The first-order chi connectivity index (χ1) is 21.8. The number of methoxy groups -OCH3 is 2. The second kappa shape index (κ2) is 18.6. The van der Waals surface area contributed by atoms with Crippen molar-refractivity contribution in [2.75, 3.05) is 26.1 Å². The average molecular weight is 633 g/mol. The van der Waals surface area contributed by atoms with E-state index >= 15 is 0 Å². The third-order valence-electron chi connectivity index (χ3n) is 8.57. The summed E-state index contributed by atoms with van der Waals surface area (Å²) < 4.78 is 12.7. The van der Waals surface area contributed by atoms with Crippen LogP contribution in [0.2, 0.25) is 0 Å². The van der Waals surface area contributed by atoms with Gasteiger partial charge in [-0.15, -0.1) is 0 Å². The predicted molar refractivity (Wildman–Crippen MR) is 177 cm³/mol. The third kappa shape index (κ3) is 10.5. The molecule has 7 nitrogen and oxygen atoms in total. The quantitative estimate of drug-likeness (QED) is 0.134. The van der Waals surface area contributed by atoms with Crippen molar-refractivity contribution in [3.8, 4) is 11.5 Å². The van der Waals surface area contributed by atoms with E-state index in [2.05, 4.69) is 29.6 Å². The maximum absolute atomic E-state index is 13.7. The van der Waals surface area contributed by atoms with Crippen molar-refractivity contribution in [3.05, 3.63) is 113 Å². The number of carboxylic acids is 1. The van der Waals surface area contributed by atoms with E-state index in [-0.39, 0.29) is 41.8 Å². The summed E-state index contributed by atoms with van der Waals surface area (Å²) in [4.78, 5) is 24.6. The van der Waals surface area contributed by atoms with Crippen LogP contribution in [-0.2, 0) is 37.5 Å². The molecule has 1 N–H and O–H groups in total. The van der Waals surface area contributed by atoms with Gasteiger partial charge in [0.05, 0.1) is 14.2 Å². The summed E-state index contributed by atoms with van der Waals surface area (Å²) in [7, 11) is 5.31. The molecule has 0 spiro atoms. The van der Waals surface area contributed by atoms with Crippen molar-refractivity contribution in [1.29, 1.82) is 0 Å². The van der Waals surface area contributed by atoms with Gasteiger partial charge in [0.25, 0.3) is 0 Å². The van der Waals surface area contributed by atoms with E-state index in [9.17, 15) is 14.7 Å². The van der Waals surface area contributed by atoms with Crippen LogP contribution in [0.1, 0.15) is 71.0 Å². The van der Waals surface area contributed by atoms with Crippen LogP contribution < -0.4 is 49.5 Å². The van der Waals surface area contributed by atoms with E-state index in [0.717, 1.165) is 60.8 Å². The van der Waals surface area contributed by atoms with Crippen LogP contribution in [0.4, 0.5) is 5.69 Å². The molecule has 0 radical (unpaired) electrons. The minimum atomic E-state index is -1.05. The van der Waals surface area contributed by atoms with E-state index in [1.807, 2.05) is 73.1 Å². The molecular formula is C38H45N2NaO5. The van der Waals surface area contributed by atoms with Gasteiger partial charge in [0.2, 0.25) is 0 Å². The van der Waals surface area contributed by atoms with Gasteiger partial charge >= 0.3 is 29.6 Å². The second-order valence-corrected chi connectivity index (χ2v) is 11.6. The Kier molecular flexibility index (Phi) is 14.9. The fourth-order valence-corrected chi connectivity index (χ4v) is 5.84. The number of ketones is 1. The van der Waals surface area contributed by atoms with Crippen molar-refractivity contribution in [2.45, 2.75) is 58.3 Å². The summed E-state index contributed by atoms with van der Waals surface area (Å²) in [5, 5.41) is 14.5. The predicted octanol–water partition coefficient (Wildman–Crippen LogP) is 3.21. The normalized spacial score (nSPS) is 10.8.